The molecule has 0 aromatic heterocycles. The van der Waals surface area contributed by atoms with Crippen LogP contribution in [0.3, 0.4) is 0 Å². The number of allylic oxidation sites excluding steroid dienone is 1. The fraction of sp³-hybridized carbons (Fsp3) is 0.429. The molecule has 12 heavy (non-hydrogen) atoms. The molecule has 0 saturated carbocycles. The van der Waals surface area contributed by atoms with Gasteiger partial charge in [0.15, 0.2) is 5.70 Å². The van der Waals surface area contributed by atoms with Crippen molar-refractivity contribution >= 4 is 5.97 Å². The number of hydrogen-bond acceptors (Lipinski definition) is 5. The lowest BCUT2D eigenvalue weighted by atomic mass is 10.4. The maximum absolute atomic E-state index is 10.9. The highest BCUT2D eigenvalue weighted by atomic mass is 16.6. The van der Waals surface area contributed by atoms with Crippen LogP contribution in [0.1, 0.15) is 6.92 Å². The summed E-state index contributed by atoms with van der Waals surface area (Å²) in [7, 11) is 1.25. The quantitative estimate of drug-likeness (QED) is 0.276. The summed E-state index contributed by atoms with van der Waals surface area (Å²) >= 11 is 0. The number of carbonyl (C=O) groups excluding carboxylic acids is 1. The standard InChI is InChI=1S/C7H10N2O3/c1-3-12-7(10)6(11-2)5(9)4-8/h3,9H2,1-2H3/b6-5+. The molecule has 0 heterocycles. The molecule has 0 aliphatic heterocycles. The van der Waals surface area contributed by atoms with Crippen molar-refractivity contribution in [3.05, 3.63) is 11.5 Å². The molecule has 0 radical (unpaired) electrons. The SMILES string of the molecule is CCOC(=O)/C(OC)=C(\N)C#N. The molecular weight excluding hydrogens is 160 g/mol. The number of rotatable bonds is 3. The molecule has 0 atom stereocenters. The van der Waals surface area contributed by atoms with Crippen molar-refractivity contribution in [2.75, 3.05) is 13.7 Å². The van der Waals surface area contributed by atoms with Crippen LogP contribution in [-0.2, 0) is 14.3 Å². The number of methoxy groups -OCH3 is 1. The van der Waals surface area contributed by atoms with Gasteiger partial charge in [-0.2, -0.15) is 5.26 Å². The van der Waals surface area contributed by atoms with Gasteiger partial charge in [-0.25, -0.2) is 4.79 Å². The van der Waals surface area contributed by atoms with E-state index in [4.69, 9.17) is 11.0 Å². The van der Waals surface area contributed by atoms with E-state index in [2.05, 4.69) is 9.47 Å². The summed E-state index contributed by atoms with van der Waals surface area (Å²) in [5.41, 5.74) is 4.87. The highest BCUT2D eigenvalue weighted by molar-refractivity contribution is 5.87. The lowest BCUT2D eigenvalue weighted by Gasteiger charge is -2.04. The van der Waals surface area contributed by atoms with Gasteiger partial charge in [0.05, 0.1) is 13.7 Å². The molecule has 0 unspecified atom stereocenters. The summed E-state index contributed by atoms with van der Waals surface area (Å²) in [5, 5.41) is 8.33. The van der Waals surface area contributed by atoms with E-state index in [0.29, 0.717) is 0 Å². The van der Waals surface area contributed by atoms with Gasteiger partial charge in [0.1, 0.15) is 6.07 Å². The second-order valence-corrected chi connectivity index (χ2v) is 1.78. The van der Waals surface area contributed by atoms with E-state index in [-0.39, 0.29) is 18.1 Å². The van der Waals surface area contributed by atoms with Gasteiger partial charge in [0, 0.05) is 0 Å². The minimum absolute atomic E-state index is 0.213. The van der Waals surface area contributed by atoms with Gasteiger partial charge in [-0.15, -0.1) is 0 Å². The molecule has 0 aliphatic carbocycles. The first-order chi connectivity index (χ1) is 5.67. The first-order valence-corrected chi connectivity index (χ1v) is 3.28. The highest BCUT2D eigenvalue weighted by Crippen LogP contribution is 2.01. The van der Waals surface area contributed by atoms with E-state index in [0.717, 1.165) is 0 Å². The van der Waals surface area contributed by atoms with Crippen molar-refractivity contribution in [2.45, 2.75) is 6.92 Å². The third-order valence-corrected chi connectivity index (χ3v) is 1.03. The normalized spacial score (nSPS) is 11.1. The van der Waals surface area contributed by atoms with Crippen LogP contribution in [0.5, 0.6) is 0 Å². The highest BCUT2D eigenvalue weighted by Gasteiger charge is 2.14. The first-order valence-electron chi connectivity index (χ1n) is 3.28. The van der Waals surface area contributed by atoms with Crippen LogP contribution in [0.25, 0.3) is 0 Å². The number of nitrogens with zero attached hydrogens (tertiary/aromatic N) is 1. The van der Waals surface area contributed by atoms with Crippen molar-refractivity contribution in [2.24, 2.45) is 5.73 Å². The van der Waals surface area contributed by atoms with Gasteiger partial charge in [-0.1, -0.05) is 0 Å². The van der Waals surface area contributed by atoms with Crippen LogP contribution >= 0.6 is 0 Å². The maximum Gasteiger partial charge on any atom is 0.376 e. The number of nitriles is 1. The van der Waals surface area contributed by atoms with Crippen molar-refractivity contribution in [1.29, 1.82) is 5.26 Å². The third-order valence-electron chi connectivity index (χ3n) is 1.03. The lowest BCUT2D eigenvalue weighted by Crippen LogP contribution is -2.14. The molecule has 0 aromatic rings. The van der Waals surface area contributed by atoms with Gasteiger partial charge in [-0.3, -0.25) is 0 Å². The van der Waals surface area contributed by atoms with Crippen LogP contribution in [0.4, 0.5) is 0 Å². The summed E-state index contributed by atoms with van der Waals surface area (Å²) in [6.07, 6.45) is 0. The van der Waals surface area contributed by atoms with Crippen molar-refractivity contribution in [3.8, 4) is 6.07 Å². The molecule has 0 rings (SSSR count). The Morgan fingerprint density at radius 1 is 1.67 bits per heavy atom. The van der Waals surface area contributed by atoms with Gasteiger partial charge >= 0.3 is 5.97 Å². The maximum atomic E-state index is 10.9. The van der Waals surface area contributed by atoms with Crippen LogP contribution < -0.4 is 5.73 Å². The van der Waals surface area contributed by atoms with Crippen LogP contribution in [0.2, 0.25) is 0 Å². The number of esters is 1. The Kier molecular flexibility index (Phi) is 4.31. The summed E-state index contributed by atoms with van der Waals surface area (Å²) in [6, 6.07) is 1.59. The molecule has 0 fully saturated rings. The molecule has 66 valence electrons. The smallest absolute Gasteiger partial charge is 0.376 e. The Morgan fingerprint density at radius 2 is 2.25 bits per heavy atom. The number of nitrogens with two attached hydrogens (primary N) is 1. The van der Waals surface area contributed by atoms with Gasteiger partial charge in [0.25, 0.3) is 0 Å². The zero-order valence-corrected chi connectivity index (χ0v) is 6.96. The zero-order chi connectivity index (χ0) is 9.56. The molecule has 2 N–H and O–H groups in total. The minimum Gasteiger partial charge on any atom is -0.488 e. The minimum atomic E-state index is -0.723. The van der Waals surface area contributed by atoms with Crippen LogP contribution in [-0.4, -0.2) is 19.7 Å². The fourth-order valence-corrected chi connectivity index (χ4v) is 0.551. The molecule has 0 amide bonds. The van der Waals surface area contributed by atoms with E-state index >= 15 is 0 Å². The van der Waals surface area contributed by atoms with Gasteiger partial charge < -0.3 is 15.2 Å². The third kappa shape index (κ3) is 2.50. The average Bonchev–Trinajstić information content (AvgIpc) is 2.06. The lowest BCUT2D eigenvalue weighted by molar-refractivity contribution is -0.142. The Bertz CT molecular complexity index is 240. The molecule has 0 bridgehead atoms. The number of hydrogen-bond donors (Lipinski definition) is 1. The Balaban J connectivity index is 4.58. The molecule has 5 heteroatoms. The molecule has 0 aliphatic rings. The van der Waals surface area contributed by atoms with Crippen LogP contribution in [0, 0.1) is 11.3 Å². The molecule has 0 spiro atoms. The van der Waals surface area contributed by atoms with E-state index < -0.39 is 5.97 Å². The molecule has 0 aromatic carbocycles. The van der Waals surface area contributed by atoms with Crippen molar-refractivity contribution < 1.29 is 14.3 Å². The predicted octanol–water partition coefficient (Wildman–Crippen LogP) is -0.110. The van der Waals surface area contributed by atoms with Gasteiger partial charge in [0.2, 0.25) is 5.76 Å². The molecular formula is C7H10N2O3. The second-order valence-electron chi connectivity index (χ2n) is 1.78. The summed E-state index contributed by atoms with van der Waals surface area (Å²) < 4.78 is 9.14. The van der Waals surface area contributed by atoms with Crippen LogP contribution in [0.15, 0.2) is 11.5 Å². The van der Waals surface area contributed by atoms with E-state index in [1.54, 1.807) is 13.0 Å². The largest absolute Gasteiger partial charge is 0.488 e. The van der Waals surface area contributed by atoms with E-state index in [1.165, 1.54) is 7.11 Å². The molecule has 0 saturated heterocycles. The number of carbonyl (C=O) groups is 1. The van der Waals surface area contributed by atoms with Crippen molar-refractivity contribution in [3.63, 3.8) is 0 Å². The summed E-state index contributed by atoms with van der Waals surface area (Å²) in [5.74, 6) is -0.974. The average molecular weight is 170 g/mol. The first kappa shape index (κ1) is 10.3. The van der Waals surface area contributed by atoms with E-state index in [1.807, 2.05) is 0 Å². The predicted molar refractivity (Wildman–Crippen MR) is 40.5 cm³/mol. The monoisotopic (exact) mass is 170 g/mol. The summed E-state index contributed by atoms with van der Waals surface area (Å²) in [4.78, 5) is 10.9. The van der Waals surface area contributed by atoms with Gasteiger partial charge in [-0.05, 0) is 6.92 Å². The number of ether oxygens (including phenoxy) is 2. The molecule has 5 nitrogen and oxygen atoms in total. The Hall–Kier alpha value is -1.70. The summed E-state index contributed by atoms with van der Waals surface area (Å²) in [6.45, 7) is 1.86. The topological polar surface area (TPSA) is 85.3 Å². The Labute approximate surface area is 70.4 Å². The van der Waals surface area contributed by atoms with E-state index in [9.17, 15) is 4.79 Å². The Morgan fingerprint density at radius 3 is 2.58 bits per heavy atom. The fourth-order valence-electron chi connectivity index (χ4n) is 0.551. The zero-order valence-electron chi connectivity index (χ0n) is 6.96. The van der Waals surface area contributed by atoms with Crippen molar-refractivity contribution in [1.82, 2.24) is 0 Å². The second kappa shape index (κ2) is 5.02.